The zero-order chi connectivity index (χ0) is 11.5. The van der Waals surface area contributed by atoms with Crippen LogP contribution in [0.4, 0.5) is 0 Å². The Kier molecular flexibility index (Phi) is 3.88. The number of rotatable bonds is 2. The summed E-state index contributed by atoms with van der Waals surface area (Å²) in [5.41, 5.74) is 1.54. The van der Waals surface area contributed by atoms with Crippen molar-refractivity contribution in [1.82, 2.24) is 9.97 Å². The van der Waals surface area contributed by atoms with E-state index in [-0.39, 0.29) is 0 Å². The van der Waals surface area contributed by atoms with E-state index in [0.717, 1.165) is 13.6 Å². The first-order valence-corrected chi connectivity index (χ1v) is 6.43. The van der Waals surface area contributed by atoms with Crippen LogP contribution in [0.3, 0.4) is 0 Å². The number of hydrogen-bond donors (Lipinski definition) is 1. The van der Waals surface area contributed by atoms with Gasteiger partial charge < -0.3 is 5.11 Å². The fourth-order valence-electron chi connectivity index (χ4n) is 1.36. The molecule has 1 atom stereocenters. The van der Waals surface area contributed by atoms with E-state index < -0.39 is 6.10 Å². The van der Waals surface area contributed by atoms with Crippen molar-refractivity contribution < 1.29 is 5.11 Å². The lowest BCUT2D eigenvalue weighted by Gasteiger charge is -2.12. The second-order valence-corrected chi connectivity index (χ2v) is 5.32. The second kappa shape index (κ2) is 5.20. The summed E-state index contributed by atoms with van der Waals surface area (Å²) < 4.78 is 1.95. The van der Waals surface area contributed by atoms with Crippen molar-refractivity contribution in [3.63, 3.8) is 0 Å². The average Bonchev–Trinajstić information content (AvgIpc) is 2.32. The van der Waals surface area contributed by atoms with Crippen molar-refractivity contribution in [3.8, 4) is 0 Å². The summed E-state index contributed by atoms with van der Waals surface area (Å²) in [6.07, 6.45) is 4.00. The van der Waals surface area contributed by atoms with Crippen molar-refractivity contribution in [2.45, 2.75) is 6.10 Å². The van der Waals surface area contributed by atoms with Crippen LogP contribution in [0, 0.1) is 3.57 Å². The first-order valence-electron chi connectivity index (χ1n) is 4.56. The van der Waals surface area contributed by atoms with Crippen LogP contribution in [0.5, 0.6) is 0 Å². The van der Waals surface area contributed by atoms with Crippen LogP contribution >= 0.6 is 38.5 Å². The number of aromatic nitrogens is 2. The largest absolute Gasteiger partial charge is 0.384 e. The molecule has 0 saturated heterocycles. The molecule has 1 unspecified atom stereocenters. The van der Waals surface area contributed by atoms with Gasteiger partial charge in [0.1, 0.15) is 12.4 Å². The molecule has 0 radical (unpaired) electrons. The molecule has 3 nitrogen and oxygen atoms in total. The molecule has 1 aromatic heterocycles. The molecule has 5 heteroatoms. The van der Waals surface area contributed by atoms with Gasteiger partial charge in [-0.1, -0.05) is 15.9 Å². The summed E-state index contributed by atoms with van der Waals surface area (Å²) in [6, 6.07) is 5.80. The Morgan fingerprint density at radius 3 is 2.62 bits per heavy atom. The Morgan fingerprint density at radius 1 is 1.25 bits per heavy atom. The molecule has 0 aliphatic carbocycles. The van der Waals surface area contributed by atoms with E-state index >= 15 is 0 Å². The summed E-state index contributed by atoms with van der Waals surface area (Å²) in [5, 5.41) is 10.2. The van der Waals surface area contributed by atoms with Crippen LogP contribution in [0.2, 0.25) is 0 Å². The monoisotopic (exact) mass is 390 g/mol. The topological polar surface area (TPSA) is 46.0 Å². The minimum absolute atomic E-state index is 0.689. The molecule has 0 fully saturated rings. The maximum Gasteiger partial charge on any atom is 0.115 e. The number of nitrogens with zero attached hydrogens (tertiary/aromatic N) is 2. The van der Waals surface area contributed by atoms with Crippen LogP contribution in [0.1, 0.15) is 17.2 Å². The number of aliphatic hydroxyl groups excluding tert-OH is 1. The lowest BCUT2D eigenvalue weighted by molar-refractivity contribution is 0.218. The zero-order valence-electron chi connectivity index (χ0n) is 8.14. The van der Waals surface area contributed by atoms with Gasteiger partial charge in [0.25, 0.3) is 0 Å². The highest BCUT2D eigenvalue weighted by molar-refractivity contribution is 14.1. The quantitative estimate of drug-likeness (QED) is 0.802. The predicted molar refractivity (Wildman–Crippen MR) is 73.0 cm³/mol. The van der Waals surface area contributed by atoms with Gasteiger partial charge in [-0.15, -0.1) is 0 Å². The molecular weight excluding hydrogens is 383 g/mol. The van der Waals surface area contributed by atoms with Crippen LogP contribution in [0.25, 0.3) is 0 Å². The van der Waals surface area contributed by atoms with Crippen molar-refractivity contribution >= 4 is 38.5 Å². The third kappa shape index (κ3) is 2.58. The SMILES string of the molecule is OC(c1cncnc1)c1cc(Br)ccc1I. The summed E-state index contributed by atoms with van der Waals surface area (Å²) in [6.45, 7) is 0. The van der Waals surface area contributed by atoms with E-state index in [4.69, 9.17) is 0 Å². The molecule has 1 N–H and O–H groups in total. The molecule has 0 amide bonds. The zero-order valence-corrected chi connectivity index (χ0v) is 11.9. The Hall–Kier alpha value is -0.530. The van der Waals surface area contributed by atoms with E-state index in [1.165, 1.54) is 6.33 Å². The highest BCUT2D eigenvalue weighted by atomic mass is 127. The first-order chi connectivity index (χ1) is 7.68. The van der Waals surface area contributed by atoms with Gasteiger partial charge in [-0.2, -0.15) is 0 Å². The van der Waals surface area contributed by atoms with Gasteiger partial charge in [0, 0.05) is 26.0 Å². The Bertz CT molecular complexity index is 493. The molecule has 0 spiro atoms. The lowest BCUT2D eigenvalue weighted by Crippen LogP contribution is -2.03. The second-order valence-electron chi connectivity index (χ2n) is 3.24. The van der Waals surface area contributed by atoms with Gasteiger partial charge in [0.15, 0.2) is 0 Å². The van der Waals surface area contributed by atoms with Gasteiger partial charge in [0.2, 0.25) is 0 Å². The molecular formula is C11H8BrIN2O. The third-order valence-corrected chi connectivity index (χ3v) is 3.62. The van der Waals surface area contributed by atoms with Crippen LogP contribution in [0.15, 0.2) is 41.4 Å². The fourth-order valence-corrected chi connectivity index (χ4v) is 2.36. The number of benzene rings is 1. The Balaban J connectivity index is 2.41. The van der Waals surface area contributed by atoms with Gasteiger partial charge >= 0.3 is 0 Å². The van der Waals surface area contributed by atoms with Gasteiger partial charge in [-0.05, 0) is 46.4 Å². The third-order valence-electron chi connectivity index (χ3n) is 2.15. The maximum atomic E-state index is 10.2. The molecule has 2 rings (SSSR count). The number of hydrogen-bond acceptors (Lipinski definition) is 3. The van der Waals surface area contributed by atoms with E-state index in [0.29, 0.717) is 5.56 Å². The summed E-state index contributed by atoms with van der Waals surface area (Å²) >= 11 is 5.59. The van der Waals surface area contributed by atoms with Crippen LogP contribution in [-0.4, -0.2) is 15.1 Å². The fraction of sp³-hybridized carbons (Fsp3) is 0.0909. The normalized spacial score (nSPS) is 12.4. The Morgan fingerprint density at radius 2 is 1.94 bits per heavy atom. The van der Waals surface area contributed by atoms with Crippen LogP contribution < -0.4 is 0 Å². The standard InChI is InChI=1S/C11H8BrIN2O/c12-8-1-2-10(13)9(3-8)11(16)7-4-14-6-15-5-7/h1-6,11,16H. The molecule has 1 aromatic carbocycles. The molecule has 0 saturated carbocycles. The average molecular weight is 391 g/mol. The van der Waals surface area contributed by atoms with E-state index in [9.17, 15) is 5.11 Å². The van der Waals surface area contributed by atoms with Gasteiger partial charge in [0.05, 0.1) is 0 Å². The molecule has 16 heavy (non-hydrogen) atoms. The molecule has 2 aromatic rings. The van der Waals surface area contributed by atoms with Gasteiger partial charge in [-0.3, -0.25) is 0 Å². The highest BCUT2D eigenvalue weighted by Crippen LogP contribution is 2.27. The van der Waals surface area contributed by atoms with E-state index in [2.05, 4.69) is 48.5 Å². The smallest absolute Gasteiger partial charge is 0.115 e. The lowest BCUT2D eigenvalue weighted by atomic mass is 10.0. The minimum Gasteiger partial charge on any atom is -0.384 e. The van der Waals surface area contributed by atoms with Crippen molar-refractivity contribution in [1.29, 1.82) is 0 Å². The van der Waals surface area contributed by atoms with Crippen LogP contribution in [-0.2, 0) is 0 Å². The first kappa shape index (κ1) is 11.9. The minimum atomic E-state index is -0.689. The van der Waals surface area contributed by atoms with Crippen molar-refractivity contribution in [3.05, 3.63) is 56.1 Å². The molecule has 0 aliphatic rings. The molecule has 0 aliphatic heterocycles. The summed E-state index contributed by atoms with van der Waals surface area (Å²) in [7, 11) is 0. The van der Waals surface area contributed by atoms with E-state index in [1.54, 1.807) is 12.4 Å². The predicted octanol–water partition coefficient (Wildman–Crippen LogP) is 2.93. The van der Waals surface area contributed by atoms with Gasteiger partial charge in [-0.25, -0.2) is 9.97 Å². The summed E-state index contributed by atoms with van der Waals surface area (Å²) in [5.74, 6) is 0. The Labute approximate surface area is 115 Å². The number of halogens is 2. The van der Waals surface area contributed by atoms with Crippen molar-refractivity contribution in [2.24, 2.45) is 0 Å². The van der Waals surface area contributed by atoms with Crippen molar-refractivity contribution in [2.75, 3.05) is 0 Å². The molecule has 0 bridgehead atoms. The maximum absolute atomic E-state index is 10.2. The van der Waals surface area contributed by atoms with E-state index in [1.807, 2.05) is 18.2 Å². The molecule has 82 valence electrons. The number of aliphatic hydroxyl groups is 1. The highest BCUT2D eigenvalue weighted by Gasteiger charge is 2.14. The summed E-state index contributed by atoms with van der Waals surface area (Å²) in [4.78, 5) is 7.80. The molecule has 1 heterocycles.